The van der Waals surface area contributed by atoms with Crippen molar-refractivity contribution in [1.29, 1.82) is 0 Å². The fraction of sp³-hybridized carbons (Fsp3) is 0.300. The predicted octanol–water partition coefficient (Wildman–Crippen LogP) is 3.35. The van der Waals surface area contributed by atoms with E-state index in [4.69, 9.17) is 0 Å². The second-order valence-electron chi connectivity index (χ2n) is 6.73. The van der Waals surface area contributed by atoms with Crippen molar-refractivity contribution in [3.05, 3.63) is 48.0 Å². The van der Waals surface area contributed by atoms with Gasteiger partial charge in [0.25, 0.3) is 0 Å². The van der Waals surface area contributed by atoms with Gasteiger partial charge in [0.2, 0.25) is 15.9 Å². The summed E-state index contributed by atoms with van der Waals surface area (Å²) < 4.78 is 28.1. The molecule has 154 valence electrons. The third-order valence-electron chi connectivity index (χ3n) is 4.50. The Labute approximate surface area is 175 Å². The van der Waals surface area contributed by atoms with Gasteiger partial charge in [0.1, 0.15) is 0 Å². The first-order chi connectivity index (χ1) is 13.7. The standard InChI is InChI=1S/C20H24N4O3S2/c1-5-24-17-9-7-6-8-16(17)22-20(24)28-13-19(25)21-15-11-10-14(2)18(12-15)29(26,27)23(3)4/h6-12H,5,13H2,1-4H3,(H,21,25). The minimum absolute atomic E-state index is 0.174. The van der Waals surface area contributed by atoms with Crippen LogP contribution in [0.5, 0.6) is 0 Å². The summed E-state index contributed by atoms with van der Waals surface area (Å²) in [4.78, 5) is 17.2. The number of benzene rings is 2. The van der Waals surface area contributed by atoms with Gasteiger partial charge in [-0.25, -0.2) is 17.7 Å². The number of imidazole rings is 1. The molecule has 0 radical (unpaired) electrons. The molecule has 2 aromatic carbocycles. The molecule has 3 aromatic rings. The van der Waals surface area contributed by atoms with E-state index in [1.807, 2.05) is 31.2 Å². The average molecular weight is 433 g/mol. The molecular formula is C20H24N4O3S2. The second-order valence-corrected chi connectivity index (χ2v) is 9.79. The first kappa shape index (κ1) is 21.4. The fourth-order valence-electron chi connectivity index (χ4n) is 2.95. The monoisotopic (exact) mass is 432 g/mol. The van der Waals surface area contributed by atoms with Crippen LogP contribution in [0.3, 0.4) is 0 Å². The van der Waals surface area contributed by atoms with Crippen LogP contribution in [-0.2, 0) is 21.4 Å². The molecule has 0 aliphatic rings. The van der Waals surface area contributed by atoms with Gasteiger partial charge in [-0.2, -0.15) is 0 Å². The van der Waals surface area contributed by atoms with Gasteiger partial charge >= 0.3 is 0 Å². The lowest BCUT2D eigenvalue weighted by atomic mass is 10.2. The van der Waals surface area contributed by atoms with Gasteiger partial charge in [-0.15, -0.1) is 0 Å². The summed E-state index contributed by atoms with van der Waals surface area (Å²) in [6, 6.07) is 12.7. The molecule has 29 heavy (non-hydrogen) atoms. The van der Waals surface area contributed by atoms with Crippen molar-refractivity contribution in [2.24, 2.45) is 0 Å². The zero-order valence-corrected chi connectivity index (χ0v) is 18.5. The number of hydrogen-bond donors (Lipinski definition) is 1. The highest BCUT2D eigenvalue weighted by Crippen LogP contribution is 2.25. The van der Waals surface area contributed by atoms with Crippen LogP contribution in [0, 0.1) is 6.92 Å². The van der Waals surface area contributed by atoms with Crippen LogP contribution < -0.4 is 5.32 Å². The number of hydrogen-bond acceptors (Lipinski definition) is 5. The van der Waals surface area contributed by atoms with Crippen LogP contribution in [0.1, 0.15) is 12.5 Å². The number of nitrogens with zero attached hydrogens (tertiary/aromatic N) is 3. The van der Waals surface area contributed by atoms with E-state index in [2.05, 4.69) is 14.9 Å². The second kappa shape index (κ2) is 8.56. The van der Waals surface area contributed by atoms with E-state index in [1.54, 1.807) is 19.1 Å². The van der Waals surface area contributed by atoms with Gasteiger partial charge in [0, 0.05) is 26.3 Å². The molecule has 0 fully saturated rings. The third kappa shape index (κ3) is 4.47. The van der Waals surface area contributed by atoms with Crippen LogP contribution in [0.25, 0.3) is 11.0 Å². The van der Waals surface area contributed by atoms with Gasteiger partial charge < -0.3 is 9.88 Å². The highest BCUT2D eigenvalue weighted by Gasteiger charge is 2.20. The number of para-hydroxylation sites is 2. The molecule has 1 amide bonds. The summed E-state index contributed by atoms with van der Waals surface area (Å²) in [7, 11) is -0.616. The minimum atomic E-state index is -3.58. The molecule has 7 nitrogen and oxygen atoms in total. The van der Waals surface area contributed by atoms with E-state index < -0.39 is 10.0 Å². The van der Waals surface area contributed by atoms with Gasteiger partial charge in [0.05, 0.1) is 21.7 Å². The molecule has 1 heterocycles. The summed E-state index contributed by atoms with van der Waals surface area (Å²) >= 11 is 1.36. The van der Waals surface area contributed by atoms with E-state index in [-0.39, 0.29) is 16.6 Å². The molecule has 1 N–H and O–H groups in total. The van der Waals surface area contributed by atoms with Crippen molar-refractivity contribution in [2.75, 3.05) is 25.2 Å². The number of aryl methyl sites for hydroxylation is 2. The molecule has 0 saturated heterocycles. The Bertz CT molecular complexity index is 1150. The number of aromatic nitrogens is 2. The van der Waals surface area contributed by atoms with Crippen molar-refractivity contribution in [1.82, 2.24) is 13.9 Å². The molecule has 0 unspecified atom stereocenters. The lowest BCUT2D eigenvalue weighted by Gasteiger charge is -2.15. The predicted molar refractivity (Wildman–Crippen MR) is 117 cm³/mol. The number of amides is 1. The number of carbonyl (C=O) groups excluding carboxylic acids is 1. The van der Waals surface area contributed by atoms with Gasteiger partial charge in [0.15, 0.2) is 5.16 Å². The molecule has 0 aliphatic carbocycles. The maximum atomic E-state index is 12.5. The number of rotatable bonds is 7. The summed E-state index contributed by atoms with van der Waals surface area (Å²) in [5, 5.41) is 3.56. The lowest BCUT2D eigenvalue weighted by molar-refractivity contribution is -0.113. The van der Waals surface area contributed by atoms with Crippen molar-refractivity contribution in [3.8, 4) is 0 Å². The number of anilines is 1. The lowest BCUT2D eigenvalue weighted by Crippen LogP contribution is -2.23. The number of fused-ring (bicyclic) bond motifs is 1. The molecule has 3 rings (SSSR count). The average Bonchev–Trinajstić information content (AvgIpc) is 3.05. The van der Waals surface area contributed by atoms with Crippen LogP contribution in [0.2, 0.25) is 0 Å². The van der Waals surface area contributed by atoms with Crippen LogP contribution >= 0.6 is 11.8 Å². The zero-order chi connectivity index (χ0) is 21.2. The summed E-state index contributed by atoms with van der Waals surface area (Å²) in [5.74, 6) is -0.0470. The van der Waals surface area contributed by atoms with Crippen molar-refractivity contribution in [2.45, 2.75) is 30.4 Å². The van der Waals surface area contributed by atoms with Crippen LogP contribution in [0.4, 0.5) is 5.69 Å². The van der Waals surface area contributed by atoms with Gasteiger partial charge in [-0.3, -0.25) is 4.79 Å². The van der Waals surface area contributed by atoms with E-state index in [0.717, 1.165) is 27.0 Å². The van der Waals surface area contributed by atoms with Gasteiger partial charge in [-0.1, -0.05) is 30.0 Å². The molecule has 0 aliphatic heterocycles. The maximum absolute atomic E-state index is 12.5. The number of thioether (sulfide) groups is 1. The Balaban J connectivity index is 1.74. The molecule has 0 saturated carbocycles. The first-order valence-corrected chi connectivity index (χ1v) is 11.6. The molecular weight excluding hydrogens is 408 g/mol. The summed E-state index contributed by atoms with van der Waals surface area (Å²) in [5.41, 5.74) is 3.01. The normalized spacial score (nSPS) is 11.9. The Morgan fingerprint density at radius 2 is 1.93 bits per heavy atom. The van der Waals surface area contributed by atoms with E-state index in [9.17, 15) is 13.2 Å². The van der Waals surface area contributed by atoms with Crippen LogP contribution in [0.15, 0.2) is 52.5 Å². The topological polar surface area (TPSA) is 84.3 Å². The Hall–Kier alpha value is -2.36. The summed E-state index contributed by atoms with van der Waals surface area (Å²) in [6.07, 6.45) is 0. The Kier molecular flexibility index (Phi) is 6.30. The maximum Gasteiger partial charge on any atom is 0.242 e. The van der Waals surface area contributed by atoms with Crippen molar-refractivity contribution < 1.29 is 13.2 Å². The molecule has 1 aromatic heterocycles. The molecule has 0 bridgehead atoms. The highest BCUT2D eigenvalue weighted by molar-refractivity contribution is 7.99. The molecule has 0 atom stereocenters. The quantitative estimate of drug-likeness (QED) is 0.579. The summed E-state index contributed by atoms with van der Waals surface area (Å²) in [6.45, 7) is 4.53. The van der Waals surface area contributed by atoms with Crippen molar-refractivity contribution >= 4 is 44.4 Å². The Morgan fingerprint density at radius 1 is 1.21 bits per heavy atom. The van der Waals surface area contributed by atoms with Crippen molar-refractivity contribution in [3.63, 3.8) is 0 Å². The first-order valence-electron chi connectivity index (χ1n) is 9.15. The van der Waals surface area contributed by atoms with E-state index in [1.165, 1.54) is 31.9 Å². The molecule has 9 heteroatoms. The highest BCUT2D eigenvalue weighted by atomic mass is 32.2. The fourth-order valence-corrected chi connectivity index (χ4v) is 4.97. The molecule has 0 spiro atoms. The third-order valence-corrected chi connectivity index (χ3v) is 7.43. The van der Waals surface area contributed by atoms with E-state index >= 15 is 0 Å². The SMILES string of the molecule is CCn1c(SCC(=O)Nc2ccc(C)c(S(=O)(=O)N(C)C)c2)nc2ccccc21. The van der Waals surface area contributed by atoms with E-state index in [0.29, 0.717) is 11.3 Å². The smallest absolute Gasteiger partial charge is 0.242 e. The number of sulfonamides is 1. The van der Waals surface area contributed by atoms with Crippen LogP contribution in [-0.4, -0.2) is 48.0 Å². The number of nitrogens with one attached hydrogen (secondary N) is 1. The van der Waals surface area contributed by atoms with Gasteiger partial charge in [-0.05, 0) is 43.7 Å². The largest absolute Gasteiger partial charge is 0.325 e. The zero-order valence-electron chi connectivity index (χ0n) is 16.8. The number of carbonyl (C=O) groups is 1. The Morgan fingerprint density at radius 3 is 2.62 bits per heavy atom. The minimum Gasteiger partial charge on any atom is -0.325 e.